The Bertz CT molecular complexity index is 924. The van der Waals surface area contributed by atoms with Gasteiger partial charge in [-0.05, 0) is 60.9 Å². The zero-order valence-electron chi connectivity index (χ0n) is 14.7. The van der Waals surface area contributed by atoms with Crippen molar-refractivity contribution in [3.63, 3.8) is 0 Å². The molecular formula is C19H21FN2O3S. The van der Waals surface area contributed by atoms with Gasteiger partial charge in [0.25, 0.3) is 10.0 Å². The summed E-state index contributed by atoms with van der Waals surface area (Å²) in [5, 5.41) is 0. The number of rotatable bonds is 4. The van der Waals surface area contributed by atoms with E-state index in [0.29, 0.717) is 12.2 Å². The standard InChI is InChI=1S/C19H21FN2O3S/c1-13(2)19(23)22-11-3-4-14-12-16(7-10-18(14)22)21-26(24,25)17-8-5-15(20)6-9-17/h5-10,12-13,21H,3-4,11H2,1-2H3. The van der Waals surface area contributed by atoms with Gasteiger partial charge in [0.15, 0.2) is 0 Å². The minimum atomic E-state index is -3.80. The summed E-state index contributed by atoms with van der Waals surface area (Å²) in [6, 6.07) is 9.84. The number of aryl methyl sites for hydroxylation is 1. The van der Waals surface area contributed by atoms with Crippen LogP contribution in [-0.2, 0) is 21.2 Å². The minimum Gasteiger partial charge on any atom is -0.312 e. The Kier molecular flexibility index (Phi) is 5.00. The highest BCUT2D eigenvalue weighted by Gasteiger charge is 2.25. The number of anilines is 2. The molecule has 0 spiro atoms. The number of carbonyl (C=O) groups is 1. The largest absolute Gasteiger partial charge is 0.312 e. The molecule has 3 rings (SSSR count). The van der Waals surface area contributed by atoms with Crippen LogP contribution in [0.5, 0.6) is 0 Å². The van der Waals surface area contributed by atoms with E-state index in [2.05, 4.69) is 4.72 Å². The molecule has 0 aliphatic carbocycles. The van der Waals surface area contributed by atoms with Crippen molar-refractivity contribution in [3.05, 3.63) is 53.8 Å². The van der Waals surface area contributed by atoms with Crippen molar-refractivity contribution in [1.29, 1.82) is 0 Å². The van der Waals surface area contributed by atoms with Crippen LogP contribution in [-0.4, -0.2) is 20.9 Å². The summed E-state index contributed by atoms with van der Waals surface area (Å²) >= 11 is 0. The molecule has 0 radical (unpaired) electrons. The molecule has 0 fully saturated rings. The van der Waals surface area contributed by atoms with E-state index in [0.717, 1.165) is 36.2 Å². The number of hydrogen-bond acceptors (Lipinski definition) is 3. The van der Waals surface area contributed by atoms with Crippen LogP contribution in [0.4, 0.5) is 15.8 Å². The SMILES string of the molecule is CC(C)C(=O)N1CCCc2cc(NS(=O)(=O)c3ccc(F)cc3)ccc21. The fourth-order valence-electron chi connectivity index (χ4n) is 3.03. The van der Waals surface area contributed by atoms with Crippen LogP contribution in [0.15, 0.2) is 47.4 Å². The van der Waals surface area contributed by atoms with E-state index in [1.807, 2.05) is 13.8 Å². The van der Waals surface area contributed by atoms with Crippen molar-refractivity contribution in [3.8, 4) is 0 Å². The Labute approximate surface area is 152 Å². The number of nitrogens with zero attached hydrogens (tertiary/aromatic N) is 1. The van der Waals surface area contributed by atoms with Crippen LogP contribution in [0.2, 0.25) is 0 Å². The summed E-state index contributed by atoms with van der Waals surface area (Å²) in [5.41, 5.74) is 2.19. The van der Waals surface area contributed by atoms with Gasteiger partial charge in [-0.2, -0.15) is 0 Å². The molecule has 0 saturated carbocycles. The average molecular weight is 376 g/mol. The van der Waals surface area contributed by atoms with Gasteiger partial charge in [0.1, 0.15) is 5.82 Å². The average Bonchev–Trinajstić information content (AvgIpc) is 2.60. The van der Waals surface area contributed by atoms with Gasteiger partial charge in [-0.15, -0.1) is 0 Å². The first-order chi connectivity index (χ1) is 12.3. The first kappa shape index (κ1) is 18.4. The Morgan fingerprint density at radius 1 is 1.15 bits per heavy atom. The van der Waals surface area contributed by atoms with E-state index < -0.39 is 15.8 Å². The molecule has 0 unspecified atom stereocenters. The van der Waals surface area contributed by atoms with Gasteiger partial charge in [0.2, 0.25) is 5.91 Å². The predicted molar refractivity (Wildman–Crippen MR) is 99.2 cm³/mol. The Morgan fingerprint density at radius 3 is 2.50 bits per heavy atom. The number of benzene rings is 2. The molecule has 2 aromatic rings. The van der Waals surface area contributed by atoms with E-state index >= 15 is 0 Å². The number of halogens is 1. The Hall–Kier alpha value is -2.41. The molecule has 1 aliphatic rings. The molecule has 1 N–H and O–H groups in total. The molecule has 5 nitrogen and oxygen atoms in total. The van der Waals surface area contributed by atoms with Crippen molar-refractivity contribution in [2.24, 2.45) is 5.92 Å². The lowest BCUT2D eigenvalue weighted by Gasteiger charge is -2.31. The third-order valence-electron chi connectivity index (χ3n) is 4.33. The van der Waals surface area contributed by atoms with Crippen LogP contribution in [0.3, 0.4) is 0 Å². The van der Waals surface area contributed by atoms with Crippen LogP contribution in [0, 0.1) is 11.7 Å². The molecule has 7 heteroatoms. The smallest absolute Gasteiger partial charge is 0.261 e. The van der Waals surface area contributed by atoms with Gasteiger partial charge in [0, 0.05) is 23.8 Å². The van der Waals surface area contributed by atoms with Gasteiger partial charge < -0.3 is 4.90 Å². The Balaban J connectivity index is 1.87. The van der Waals surface area contributed by atoms with Crippen LogP contribution in [0.1, 0.15) is 25.8 Å². The van der Waals surface area contributed by atoms with E-state index in [4.69, 9.17) is 0 Å². The molecule has 0 bridgehead atoms. The van der Waals surface area contributed by atoms with E-state index in [-0.39, 0.29) is 16.7 Å². The molecule has 26 heavy (non-hydrogen) atoms. The molecule has 2 aromatic carbocycles. The van der Waals surface area contributed by atoms with Gasteiger partial charge >= 0.3 is 0 Å². The second-order valence-electron chi connectivity index (χ2n) is 6.65. The number of fused-ring (bicyclic) bond motifs is 1. The molecule has 1 amide bonds. The highest BCUT2D eigenvalue weighted by Crippen LogP contribution is 2.31. The van der Waals surface area contributed by atoms with Gasteiger partial charge in [0.05, 0.1) is 4.90 Å². The highest BCUT2D eigenvalue weighted by atomic mass is 32.2. The van der Waals surface area contributed by atoms with Gasteiger partial charge in [-0.3, -0.25) is 9.52 Å². The molecule has 0 atom stereocenters. The molecule has 0 saturated heterocycles. The van der Waals surface area contributed by atoms with Crippen molar-refractivity contribution in [1.82, 2.24) is 0 Å². The summed E-state index contributed by atoms with van der Waals surface area (Å²) in [4.78, 5) is 14.1. The molecular weight excluding hydrogens is 355 g/mol. The molecule has 1 aliphatic heterocycles. The Morgan fingerprint density at radius 2 is 1.85 bits per heavy atom. The maximum Gasteiger partial charge on any atom is 0.261 e. The fourth-order valence-corrected chi connectivity index (χ4v) is 4.08. The van der Waals surface area contributed by atoms with Gasteiger partial charge in [-0.25, -0.2) is 12.8 Å². The summed E-state index contributed by atoms with van der Waals surface area (Å²) in [6.07, 6.45) is 1.61. The van der Waals surface area contributed by atoms with Gasteiger partial charge in [-0.1, -0.05) is 13.8 Å². The first-order valence-electron chi connectivity index (χ1n) is 8.50. The van der Waals surface area contributed by atoms with Crippen LogP contribution in [0.25, 0.3) is 0 Å². The zero-order chi connectivity index (χ0) is 18.9. The molecule has 1 heterocycles. The maximum absolute atomic E-state index is 13.0. The summed E-state index contributed by atoms with van der Waals surface area (Å²) in [7, 11) is -3.80. The number of nitrogens with one attached hydrogen (secondary N) is 1. The highest BCUT2D eigenvalue weighted by molar-refractivity contribution is 7.92. The fraction of sp³-hybridized carbons (Fsp3) is 0.316. The summed E-state index contributed by atoms with van der Waals surface area (Å²) in [5.74, 6) is -0.532. The number of amides is 1. The van der Waals surface area contributed by atoms with Crippen LogP contribution < -0.4 is 9.62 Å². The topological polar surface area (TPSA) is 66.5 Å². The number of sulfonamides is 1. The summed E-state index contributed by atoms with van der Waals surface area (Å²) in [6.45, 7) is 4.40. The normalized spacial score (nSPS) is 14.2. The molecule has 0 aromatic heterocycles. The minimum absolute atomic E-state index is 0.00627. The number of carbonyl (C=O) groups excluding carboxylic acids is 1. The third kappa shape index (κ3) is 3.72. The maximum atomic E-state index is 13.0. The van der Waals surface area contributed by atoms with Crippen molar-refractivity contribution in [2.75, 3.05) is 16.2 Å². The predicted octanol–water partition coefficient (Wildman–Crippen LogP) is 3.56. The van der Waals surface area contributed by atoms with Crippen molar-refractivity contribution in [2.45, 2.75) is 31.6 Å². The molecule has 138 valence electrons. The second-order valence-corrected chi connectivity index (χ2v) is 8.33. The van der Waals surface area contributed by atoms with E-state index in [9.17, 15) is 17.6 Å². The van der Waals surface area contributed by atoms with Crippen LogP contribution >= 0.6 is 0 Å². The quantitative estimate of drug-likeness (QED) is 0.887. The first-order valence-corrected chi connectivity index (χ1v) is 9.99. The number of hydrogen-bond donors (Lipinski definition) is 1. The lowest BCUT2D eigenvalue weighted by Crippen LogP contribution is -2.38. The van der Waals surface area contributed by atoms with E-state index in [1.54, 1.807) is 23.1 Å². The zero-order valence-corrected chi connectivity index (χ0v) is 15.5. The lowest BCUT2D eigenvalue weighted by molar-refractivity contribution is -0.121. The lowest BCUT2D eigenvalue weighted by atomic mass is 9.99. The van der Waals surface area contributed by atoms with E-state index in [1.165, 1.54) is 12.1 Å². The third-order valence-corrected chi connectivity index (χ3v) is 5.73. The van der Waals surface area contributed by atoms with Crippen molar-refractivity contribution < 1.29 is 17.6 Å². The summed E-state index contributed by atoms with van der Waals surface area (Å²) < 4.78 is 40.4. The second kappa shape index (κ2) is 7.07. The van der Waals surface area contributed by atoms with Crippen molar-refractivity contribution >= 4 is 27.3 Å². The monoisotopic (exact) mass is 376 g/mol.